The van der Waals surface area contributed by atoms with Crippen LogP contribution in [0.3, 0.4) is 0 Å². The molecule has 11 nitrogen and oxygen atoms in total. The van der Waals surface area contributed by atoms with Gasteiger partial charge >= 0.3 is 0 Å². The number of nitrogens with one attached hydrogen (secondary N) is 1. The van der Waals surface area contributed by atoms with E-state index < -0.39 is 60.6 Å². The number of H-pyrrole nitrogens is 1. The van der Waals surface area contributed by atoms with Crippen LogP contribution < -0.4 is 5.56 Å². The third-order valence-electron chi connectivity index (χ3n) is 6.43. The number of nitrogens with zero attached hydrogens (tertiary/aromatic N) is 4. The van der Waals surface area contributed by atoms with Crippen molar-refractivity contribution in [2.24, 2.45) is 5.16 Å². The average Bonchev–Trinajstić information content (AvgIpc) is 3.55. The molecule has 0 unspecified atom stereocenters. The smallest absolute Gasteiger partial charge is 0.247 e. The van der Waals surface area contributed by atoms with Crippen LogP contribution in [0.25, 0.3) is 11.3 Å². The second-order valence-corrected chi connectivity index (χ2v) is 8.85. The summed E-state index contributed by atoms with van der Waals surface area (Å²) >= 11 is 0. The monoisotopic (exact) mass is 521 g/mol. The lowest BCUT2D eigenvalue weighted by Gasteiger charge is -2.42. The Bertz CT molecular complexity index is 1340. The lowest BCUT2D eigenvalue weighted by Crippen LogP contribution is -2.56. The van der Waals surface area contributed by atoms with Crippen molar-refractivity contribution in [2.45, 2.75) is 49.4 Å². The van der Waals surface area contributed by atoms with Crippen LogP contribution in [0, 0.1) is 17.5 Å². The molecular formula is C23H22F3N5O6. The van der Waals surface area contributed by atoms with Crippen LogP contribution in [-0.2, 0) is 9.57 Å². The molecule has 0 amide bonds. The fourth-order valence-electron chi connectivity index (χ4n) is 4.52. The van der Waals surface area contributed by atoms with Gasteiger partial charge in [-0.25, -0.2) is 17.9 Å². The highest BCUT2D eigenvalue weighted by atomic mass is 19.2. The van der Waals surface area contributed by atoms with Crippen molar-refractivity contribution in [3.8, 4) is 11.3 Å². The first kappa shape index (κ1) is 25.1. The van der Waals surface area contributed by atoms with Gasteiger partial charge in [0.05, 0.1) is 24.6 Å². The molecule has 1 aromatic carbocycles. The summed E-state index contributed by atoms with van der Waals surface area (Å²) in [7, 11) is 0. The van der Waals surface area contributed by atoms with Gasteiger partial charge in [-0.2, -0.15) is 0 Å². The predicted molar refractivity (Wildman–Crippen MR) is 120 cm³/mol. The maximum Gasteiger partial charge on any atom is 0.247 e. The number of hydrogen-bond acceptors (Lipinski definition) is 9. The summed E-state index contributed by atoms with van der Waals surface area (Å²) < 4.78 is 47.5. The molecule has 4 heterocycles. The molecule has 37 heavy (non-hydrogen) atoms. The molecule has 0 bridgehead atoms. The summed E-state index contributed by atoms with van der Waals surface area (Å²) in [5.41, 5.74) is 0.863. The number of oxime groups is 1. The van der Waals surface area contributed by atoms with Crippen molar-refractivity contribution in [1.29, 1.82) is 0 Å². The molecule has 6 atom stereocenters. The van der Waals surface area contributed by atoms with Gasteiger partial charge in [0.15, 0.2) is 17.5 Å². The van der Waals surface area contributed by atoms with Crippen molar-refractivity contribution >= 4 is 5.71 Å². The molecule has 4 N–H and O–H groups in total. The summed E-state index contributed by atoms with van der Waals surface area (Å²) in [6, 6.07) is 3.32. The first-order valence-electron chi connectivity index (χ1n) is 11.4. The zero-order valence-electron chi connectivity index (χ0n) is 19.0. The Morgan fingerprint density at radius 1 is 1.08 bits per heavy atom. The number of aliphatic hydroxyl groups is 3. The van der Waals surface area contributed by atoms with E-state index in [-0.39, 0.29) is 23.2 Å². The number of aliphatic hydroxyl groups excluding tert-OH is 3. The predicted octanol–water partition coefficient (Wildman–Crippen LogP) is 0.657. The summed E-state index contributed by atoms with van der Waals surface area (Å²) in [5, 5.41) is 43.4. The Morgan fingerprint density at radius 2 is 1.81 bits per heavy atom. The van der Waals surface area contributed by atoms with Gasteiger partial charge in [-0.15, -0.1) is 5.10 Å². The maximum absolute atomic E-state index is 13.7. The number of hydrogen-bond donors (Lipinski definition) is 4. The third-order valence-corrected chi connectivity index (χ3v) is 6.43. The van der Waals surface area contributed by atoms with E-state index in [0.717, 1.165) is 16.8 Å². The van der Waals surface area contributed by atoms with Gasteiger partial charge in [-0.3, -0.25) is 4.79 Å². The topological polar surface area (TPSA) is 155 Å². The minimum atomic E-state index is -1.62. The van der Waals surface area contributed by atoms with Crippen molar-refractivity contribution in [3.05, 3.63) is 70.0 Å². The van der Waals surface area contributed by atoms with Crippen LogP contribution in [0.4, 0.5) is 13.2 Å². The number of halogens is 3. The zero-order chi connectivity index (χ0) is 26.3. The lowest BCUT2D eigenvalue weighted by molar-refractivity contribution is -0.212. The van der Waals surface area contributed by atoms with E-state index >= 15 is 0 Å². The standard InChI is InChI=1S/C23H22F3N5O6/c24-13-3-11(4-14(25)20(13)26)16-8-31(30-28-16)21-22(34)17(36-18(9-32)23(21)35)6-12-5-15(29-37-12)10-1-2-19(33)27-7-10/h1-4,7-8,12,17-18,21-23,32,34-35H,5-6,9H2,(H,27,33)/t12-,17-,18-,21-,22+,23+/m1/s1. The Morgan fingerprint density at radius 3 is 2.49 bits per heavy atom. The van der Waals surface area contributed by atoms with Crippen LogP contribution in [0.2, 0.25) is 0 Å². The molecule has 5 rings (SSSR count). The van der Waals surface area contributed by atoms with Crippen LogP contribution in [-0.4, -0.2) is 78.1 Å². The molecule has 1 saturated heterocycles. The second-order valence-electron chi connectivity index (χ2n) is 8.85. The van der Waals surface area contributed by atoms with Gasteiger partial charge in [-0.05, 0) is 18.2 Å². The molecule has 196 valence electrons. The first-order valence-corrected chi connectivity index (χ1v) is 11.4. The van der Waals surface area contributed by atoms with Crippen LogP contribution in [0.15, 0.2) is 46.6 Å². The molecule has 3 aromatic rings. The lowest BCUT2D eigenvalue weighted by atomic mass is 9.89. The summed E-state index contributed by atoms with van der Waals surface area (Å²) in [4.78, 5) is 19.3. The van der Waals surface area contributed by atoms with Crippen molar-refractivity contribution in [2.75, 3.05) is 6.61 Å². The van der Waals surface area contributed by atoms with Gasteiger partial charge in [0.2, 0.25) is 5.56 Å². The van der Waals surface area contributed by atoms with Crippen molar-refractivity contribution in [3.63, 3.8) is 0 Å². The molecule has 0 radical (unpaired) electrons. The first-order chi connectivity index (χ1) is 17.7. The molecule has 2 aliphatic heterocycles. The molecule has 0 saturated carbocycles. The van der Waals surface area contributed by atoms with Gasteiger partial charge < -0.3 is 29.9 Å². The third kappa shape index (κ3) is 4.87. The highest BCUT2D eigenvalue weighted by molar-refractivity contribution is 6.00. The number of ether oxygens (including phenoxy) is 1. The van der Waals surface area contributed by atoms with E-state index in [4.69, 9.17) is 9.57 Å². The van der Waals surface area contributed by atoms with Crippen LogP contribution >= 0.6 is 0 Å². The quantitative estimate of drug-likeness (QED) is 0.345. The van der Waals surface area contributed by atoms with E-state index in [0.29, 0.717) is 17.7 Å². The molecule has 2 aromatic heterocycles. The zero-order valence-corrected chi connectivity index (χ0v) is 19.0. The van der Waals surface area contributed by atoms with Crippen molar-refractivity contribution in [1.82, 2.24) is 20.0 Å². The van der Waals surface area contributed by atoms with Crippen LogP contribution in [0.1, 0.15) is 24.4 Å². The normalized spacial score (nSPS) is 27.7. The molecule has 0 spiro atoms. The number of rotatable bonds is 6. The molecule has 1 fully saturated rings. The van der Waals surface area contributed by atoms with Crippen LogP contribution in [0.5, 0.6) is 0 Å². The Kier molecular flexibility index (Phi) is 6.81. The van der Waals surface area contributed by atoms with Crippen molar-refractivity contribution < 1.29 is 38.1 Å². The Hall–Kier alpha value is -3.59. The average molecular weight is 521 g/mol. The van der Waals surface area contributed by atoms with E-state index in [1.807, 2.05) is 0 Å². The maximum atomic E-state index is 13.7. The van der Waals surface area contributed by atoms with Gasteiger partial charge in [0, 0.05) is 36.2 Å². The van der Waals surface area contributed by atoms with E-state index in [2.05, 4.69) is 20.5 Å². The van der Waals surface area contributed by atoms with E-state index in [9.17, 15) is 33.3 Å². The number of pyridine rings is 1. The number of benzene rings is 1. The number of aromatic amines is 1. The summed E-state index contributed by atoms with van der Waals surface area (Å²) in [6.45, 7) is -0.568. The SMILES string of the molecule is O=c1ccc(C2=NO[C@@H](C[C@H]3O[C@H](CO)[C@H](O)[C@H](n4cc(-c5cc(F)c(F)c(F)c5)nn4)[C@H]3O)C2)c[nH]1. The Balaban J connectivity index is 1.34. The fourth-order valence-corrected chi connectivity index (χ4v) is 4.52. The van der Waals surface area contributed by atoms with Gasteiger partial charge in [-0.1, -0.05) is 10.4 Å². The second kappa shape index (κ2) is 10.0. The summed E-state index contributed by atoms with van der Waals surface area (Å²) in [5.74, 6) is -4.44. The Labute approximate surface area is 206 Å². The van der Waals surface area contributed by atoms with E-state index in [1.54, 1.807) is 6.07 Å². The highest BCUT2D eigenvalue weighted by Crippen LogP contribution is 2.34. The summed E-state index contributed by atoms with van der Waals surface area (Å²) in [6.07, 6.45) is -2.05. The van der Waals surface area contributed by atoms with E-state index in [1.165, 1.54) is 18.5 Å². The highest BCUT2D eigenvalue weighted by Gasteiger charge is 2.47. The van der Waals surface area contributed by atoms with Gasteiger partial charge in [0.1, 0.15) is 36.2 Å². The molecule has 0 aliphatic carbocycles. The number of aromatic nitrogens is 4. The molecular weight excluding hydrogens is 499 g/mol. The van der Waals surface area contributed by atoms with Gasteiger partial charge in [0.25, 0.3) is 0 Å². The molecule has 14 heteroatoms. The minimum Gasteiger partial charge on any atom is -0.394 e. The fraction of sp³-hybridized carbons (Fsp3) is 0.391. The minimum absolute atomic E-state index is 0.0288. The largest absolute Gasteiger partial charge is 0.394 e. The molecule has 2 aliphatic rings.